The number of nitrogens with zero attached hydrogens (tertiary/aromatic N) is 2. The van der Waals surface area contributed by atoms with E-state index in [0.29, 0.717) is 26.3 Å². The lowest BCUT2D eigenvalue weighted by atomic mass is 9.79. The summed E-state index contributed by atoms with van der Waals surface area (Å²) in [5.41, 5.74) is 6.75. The molecule has 0 unspecified atom stereocenters. The first-order valence-electron chi connectivity index (χ1n) is 8.15. The first-order valence-corrected chi connectivity index (χ1v) is 8.97. The number of thiazole rings is 1. The molecule has 0 saturated carbocycles. The van der Waals surface area contributed by atoms with Gasteiger partial charge in [-0.1, -0.05) is 0 Å². The Morgan fingerprint density at radius 2 is 1.96 bits per heavy atom. The molecule has 1 aliphatic carbocycles. The SMILES string of the molecule is CN(Cc1nc2c(s1)CCCC2)C(=O)C1(CN)CCOCC1.Cl.Cl. The Morgan fingerprint density at radius 3 is 2.58 bits per heavy atom. The molecule has 1 fully saturated rings. The van der Waals surface area contributed by atoms with Gasteiger partial charge in [0.25, 0.3) is 0 Å². The van der Waals surface area contributed by atoms with Crippen molar-refractivity contribution in [2.45, 2.75) is 45.1 Å². The summed E-state index contributed by atoms with van der Waals surface area (Å²) in [5.74, 6) is 0.145. The average Bonchev–Trinajstić information content (AvgIpc) is 2.96. The monoisotopic (exact) mass is 395 g/mol. The first-order chi connectivity index (χ1) is 10.6. The van der Waals surface area contributed by atoms with Crippen LogP contribution in [0.4, 0.5) is 0 Å². The van der Waals surface area contributed by atoms with Crippen LogP contribution in [0.2, 0.25) is 0 Å². The molecule has 0 atom stereocenters. The van der Waals surface area contributed by atoms with E-state index in [1.54, 1.807) is 11.3 Å². The predicted octanol–water partition coefficient (Wildman–Crippen LogP) is 2.58. The fourth-order valence-electron chi connectivity index (χ4n) is 3.42. The minimum absolute atomic E-state index is 0. The molecule has 8 heteroatoms. The van der Waals surface area contributed by atoms with Crippen molar-refractivity contribution in [3.05, 3.63) is 15.6 Å². The van der Waals surface area contributed by atoms with Crippen molar-refractivity contribution in [3.8, 4) is 0 Å². The van der Waals surface area contributed by atoms with Gasteiger partial charge in [0, 0.05) is 31.7 Å². The maximum Gasteiger partial charge on any atom is 0.230 e. The van der Waals surface area contributed by atoms with Crippen LogP contribution in [-0.4, -0.2) is 42.6 Å². The van der Waals surface area contributed by atoms with E-state index in [9.17, 15) is 4.79 Å². The molecule has 5 nitrogen and oxygen atoms in total. The number of carbonyl (C=O) groups is 1. The molecule has 0 radical (unpaired) electrons. The molecule has 1 saturated heterocycles. The van der Waals surface area contributed by atoms with E-state index >= 15 is 0 Å². The number of hydrogen-bond acceptors (Lipinski definition) is 5. The number of fused-ring (bicyclic) bond motifs is 1. The second-order valence-electron chi connectivity index (χ2n) is 6.44. The highest BCUT2D eigenvalue weighted by Crippen LogP contribution is 2.33. The van der Waals surface area contributed by atoms with E-state index in [4.69, 9.17) is 15.5 Å². The number of amides is 1. The highest BCUT2D eigenvalue weighted by Gasteiger charge is 2.40. The molecule has 0 bridgehead atoms. The lowest BCUT2D eigenvalue weighted by Crippen LogP contribution is -2.49. The lowest BCUT2D eigenvalue weighted by molar-refractivity contribution is -0.146. The van der Waals surface area contributed by atoms with Crippen molar-refractivity contribution in [1.82, 2.24) is 9.88 Å². The van der Waals surface area contributed by atoms with Gasteiger partial charge in [-0.2, -0.15) is 0 Å². The molecule has 2 aliphatic rings. The van der Waals surface area contributed by atoms with E-state index in [2.05, 4.69) is 0 Å². The van der Waals surface area contributed by atoms with Gasteiger partial charge in [0.2, 0.25) is 5.91 Å². The number of rotatable bonds is 4. The van der Waals surface area contributed by atoms with E-state index < -0.39 is 5.41 Å². The standard InChI is InChI=1S/C16H25N3O2S.2ClH/c1-19(15(20)16(11-17)6-8-21-9-7-16)10-14-18-12-4-2-3-5-13(12)22-14;;/h2-11,17H2,1H3;2*1H. The number of ether oxygens (including phenoxy) is 1. The van der Waals surface area contributed by atoms with Crippen molar-refractivity contribution in [2.24, 2.45) is 11.1 Å². The molecule has 0 spiro atoms. The molecule has 1 amide bonds. The summed E-state index contributed by atoms with van der Waals surface area (Å²) in [6.45, 7) is 2.25. The molecule has 24 heavy (non-hydrogen) atoms. The number of carbonyl (C=O) groups excluding carboxylic acids is 1. The van der Waals surface area contributed by atoms with E-state index in [1.807, 2.05) is 11.9 Å². The van der Waals surface area contributed by atoms with Crippen LogP contribution in [-0.2, 0) is 28.9 Å². The third-order valence-electron chi connectivity index (χ3n) is 4.90. The summed E-state index contributed by atoms with van der Waals surface area (Å²) in [7, 11) is 1.87. The zero-order chi connectivity index (χ0) is 15.6. The summed E-state index contributed by atoms with van der Waals surface area (Å²) < 4.78 is 5.39. The molecule has 2 N–H and O–H groups in total. The molecule has 1 aromatic heterocycles. The Hall–Kier alpha value is -0.400. The van der Waals surface area contributed by atoms with Crippen molar-refractivity contribution < 1.29 is 9.53 Å². The lowest BCUT2D eigenvalue weighted by Gasteiger charge is -2.37. The zero-order valence-electron chi connectivity index (χ0n) is 14.1. The van der Waals surface area contributed by atoms with Gasteiger partial charge in [-0.3, -0.25) is 4.79 Å². The Balaban J connectivity index is 0.00000144. The van der Waals surface area contributed by atoms with Crippen LogP contribution in [0.1, 0.15) is 41.3 Å². The van der Waals surface area contributed by atoms with Gasteiger partial charge in [-0.05, 0) is 38.5 Å². The summed E-state index contributed by atoms with van der Waals surface area (Å²) in [4.78, 5) is 20.8. The van der Waals surface area contributed by atoms with Crippen LogP contribution in [0.3, 0.4) is 0 Å². The van der Waals surface area contributed by atoms with E-state index in [0.717, 1.165) is 30.7 Å². The number of halogens is 2. The molecule has 2 heterocycles. The maximum atomic E-state index is 12.9. The van der Waals surface area contributed by atoms with Crippen LogP contribution in [0.5, 0.6) is 0 Å². The molecule has 1 aliphatic heterocycles. The number of aryl methyl sites for hydroxylation is 2. The second kappa shape index (κ2) is 9.34. The minimum Gasteiger partial charge on any atom is -0.381 e. The van der Waals surface area contributed by atoms with E-state index in [-0.39, 0.29) is 30.7 Å². The van der Waals surface area contributed by atoms with Crippen molar-refractivity contribution in [3.63, 3.8) is 0 Å². The number of nitrogens with two attached hydrogens (primary N) is 1. The van der Waals surface area contributed by atoms with Crippen LogP contribution in [0.15, 0.2) is 0 Å². The molecular formula is C16H27Cl2N3O2S. The van der Waals surface area contributed by atoms with Crippen LogP contribution >= 0.6 is 36.2 Å². The van der Waals surface area contributed by atoms with Gasteiger partial charge in [0.05, 0.1) is 17.7 Å². The van der Waals surface area contributed by atoms with Crippen molar-refractivity contribution >= 4 is 42.1 Å². The highest BCUT2D eigenvalue weighted by atomic mass is 35.5. The Bertz CT molecular complexity index is 524. The van der Waals surface area contributed by atoms with Gasteiger partial charge in [0.1, 0.15) is 5.01 Å². The van der Waals surface area contributed by atoms with Gasteiger partial charge >= 0.3 is 0 Å². The number of aromatic nitrogens is 1. The fourth-order valence-corrected chi connectivity index (χ4v) is 4.63. The second-order valence-corrected chi connectivity index (χ2v) is 7.61. The Morgan fingerprint density at radius 1 is 1.29 bits per heavy atom. The molecular weight excluding hydrogens is 369 g/mol. The molecule has 138 valence electrons. The minimum atomic E-state index is -0.441. The van der Waals surface area contributed by atoms with Crippen LogP contribution < -0.4 is 5.73 Å². The third kappa shape index (κ3) is 4.41. The quantitative estimate of drug-likeness (QED) is 0.850. The van der Waals surface area contributed by atoms with Gasteiger partial charge < -0.3 is 15.4 Å². The molecule has 1 aromatic rings. The normalized spacial score (nSPS) is 18.8. The van der Waals surface area contributed by atoms with E-state index in [1.165, 1.54) is 23.4 Å². The van der Waals surface area contributed by atoms with Crippen molar-refractivity contribution in [2.75, 3.05) is 26.8 Å². The summed E-state index contributed by atoms with van der Waals surface area (Å²) in [6, 6.07) is 0. The first kappa shape index (κ1) is 21.6. The highest BCUT2D eigenvalue weighted by molar-refractivity contribution is 7.11. The summed E-state index contributed by atoms with van der Waals surface area (Å²) in [5, 5.41) is 1.06. The summed E-state index contributed by atoms with van der Waals surface area (Å²) >= 11 is 1.77. The van der Waals surface area contributed by atoms with Gasteiger partial charge in [-0.15, -0.1) is 36.2 Å². The van der Waals surface area contributed by atoms with Crippen molar-refractivity contribution in [1.29, 1.82) is 0 Å². The summed E-state index contributed by atoms with van der Waals surface area (Å²) in [6.07, 6.45) is 6.19. The maximum absolute atomic E-state index is 12.9. The van der Waals surface area contributed by atoms with Crippen LogP contribution in [0.25, 0.3) is 0 Å². The van der Waals surface area contributed by atoms with Gasteiger partial charge in [0.15, 0.2) is 0 Å². The molecule has 3 rings (SSSR count). The largest absolute Gasteiger partial charge is 0.381 e. The third-order valence-corrected chi connectivity index (χ3v) is 6.05. The number of hydrogen-bond donors (Lipinski definition) is 1. The topological polar surface area (TPSA) is 68.5 Å². The zero-order valence-corrected chi connectivity index (χ0v) is 16.5. The van der Waals surface area contributed by atoms with Gasteiger partial charge in [-0.25, -0.2) is 4.98 Å². The molecule has 0 aromatic carbocycles. The smallest absolute Gasteiger partial charge is 0.230 e. The Labute approximate surface area is 160 Å². The average molecular weight is 396 g/mol. The Kier molecular flexibility index (Phi) is 8.42. The van der Waals surface area contributed by atoms with Crippen LogP contribution in [0, 0.1) is 5.41 Å². The fraction of sp³-hybridized carbons (Fsp3) is 0.750. The predicted molar refractivity (Wildman–Crippen MR) is 101 cm³/mol.